The van der Waals surface area contributed by atoms with E-state index in [2.05, 4.69) is 20.3 Å². The number of hydrogen-bond acceptors (Lipinski definition) is 4. The molecule has 0 aliphatic rings. The number of aromatic amines is 1. The van der Waals surface area contributed by atoms with Gasteiger partial charge < -0.3 is 10.1 Å². The van der Waals surface area contributed by atoms with Crippen LogP contribution in [-0.2, 0) is 4.74 Å². The predicted molar refractivity (Wildman–Crippen MR) is 57.0 cm³/mol. The minimum Gasteiger partial charge on any atom is -0.465 e. The molecule has 0 spiro atoms. The number of H-pyrrole nitrogens is 1. The van der Waals surface area contributed by atoms with Crippen LogP contribution < -0.4 is 5.32 Å². The molecule has 15 heavy (non-hydrogen) atoms. The van der Waals surface area contributed by atoms with Gasteiger partial charge in [0, 0.05) is 12.4 Å². The van der Waals surface area contributed by atoms with Crippen LogP contribution >= 0.6 is 0 Å². The molecule has 0 bridgehead atoms. The van der Waals surface area contributed by atoms with Crippen LogP contribution in [0.25, 0.3) is 10.9 Å². The fourth-order valence-corrected chi connectivity index (χ4v) is 1.45. The first-order valence-electron chi connectivity index (χ1n) is 4.50. The highest BCUT2D eigenvalue weighted by Gasteiger charge is 2.09. The zero-order chi connectivity index (χ0) is 10.8. The molecule has 2 aromatic rings. The van der Waals surface area contributed by atoms with E-state index in [4.69, 9.17) is 0 Å². The van der Waals surface area contributed by atoms with Crippen LogP contribution in [-0.4, -0.2) is 30.3 Å². The van der Waals surface area contributed by atoms with Gasteiger partial charge in [-0.15, -0.1) is 0 Å². The monoisotopic (exact) mass is 205 g/mol. The van der Waals surface area contributed by atoms with Gasteiger partial charge in [0.1, 0.15) is 0 Å². The van der Waals surface area contributed by atoms with Crippen LogP contribution in [0.4, 0.5) is 5.82 Å². The molecule has 1 aromatic carbocycles. The van der Waals surface area contributed by atoms with E-state index in [9.17, 15) is 4.79 Å². The van der Waals surface area contributed by atoms with Gasteiger partial charge in [-0.3, -0.25) is 5.10 Å². The molecule has 78 valence electrons. The number of nitrogens with zero attached hydrogens (tertiary/aromatic N) is 1. The number of fused-ring (bicyclic) bond motifs is 1. The molecule has 5 heteroatoms. The SMILES string of the molecule is CNc1n[nH]c2cc(C(=O)OC)ccc12. The zero-order valence-electron chi connectivity index (χ0n) is 8.50. The molecule has 0 fully saturated rings. The standard InChI is InChI=1S/C10H11N3O2/c1-11-9-7-4-3-6(10(14)15-2)5-8(7)12-13-9/h3-5H,1-2H3,(H2,11,12,13). The third kappa shape index (κ3) is 1.52. The summed E-state index contributed by atoms with van der Waals surface area (Å²) in [6, 6.07) is 5.26. The van der Waals surface area contributed by atoms with E-state index in [-0.39, 0.29) is 5.97 Å². The number of anilines is 1. The van der Waals surface area contributed by atoms with Crippen molar-refractivity contribution in [1.82, 2.24) is 10.2 Å². The maximum Gasteiger partial charge on any atom is 0.337 e. The number of carbonyl (C=O) groups excluding carboxylic acids is 1. The quantitative estimate of drug-likeness (QED) is 0.727. The minimum atomic E-state index is -0.350. The van der Waals surface area contributed by atoms with Gasteiger partial charge in [0.25, 0.3) is 0 Å². The first kappa shape index (κ1) is 9.51. The lowest BCUT2D eigenvalue weighted by atomic mass is 10.1. The Bertz CT molecular complexity index is 504. The highest BCUT2D eigenvalue weighted by molar-refractivity contribution is 5.97. The first-order chi connectivity index (χ1) is 7.26. The topological polar surface area (TPSA) is 67.0 Å². The van der Waals surface area contributed by atoms with Gasteiger partial charge in [-0.25, -0.2) is 4.79 Å². The minimum absolute atomic E-state index is 0.350. The molecule has 0 aliphatic heterocycles. The lowest BCUT2D eigenvalue weighted by molar-refractivity contribution is 0.0601. The Morgan fingerprint density at radius 1 is 1.53 bits per heavy atom. The highest BCUT2D eigenvalue weighted by atomic mass is 16.5. The number of nitrogens with one attached hydrogen (secondary N) is 2. The van der Waals surface area contributed by atoms with Gasteiger partial charge in [-0.05, 0) is 18.2 Å². The Morgan fingerprint density at radius 3 is 3.00 bits per heavy atom. The number of rotatable bonds is 2. The van der Waals surface area contributed by atoms with Gasteiger partial charge in [-0.1, -0.05) is 0 Å². The fraction of sp³-hybridized carbons (Fsp3) is 0.200. The number of aromatic nitrogens is 2. The first-order valence-corrected chi connectivity index (χ1v) is 4.50. The van der Waals surface area contributed by atoms with Crippen molar-refractivity contribution in [2.45, 2.75) is 0 Å². The van der Waals surface area contributed by atoms with Gasteiger partial charge in [0.15, 0.2) is 5.82 Å². The lowest BCUT2D eigenvalue weighted by Crippen LogP contribution is -2.00. The summed E-state index contributed by atoms with van der Waals surface area (Å²) in [5.41, 5.74) is 1.32. The van der Waals surface area contributed by atoms with Crippen molar-refractivity contribution in [3.8, 4) is 0 Å². The van der Waals surface area contributed by atoms with Crippen molar-refractivity contribution in [1.29, 1.82) is 0 Å². The third-order valence-electron chi connectivity index (χ3n) is 2.22. The molecule has 0 atom stereocenters. The number of hydrogen-bond donors (Lipinski definition) is 2. The van der Waals surface area contributed by atoms with Crippen LogP contribution in [0.15, 0.2) is 18.2 Å². The second-order valence-electron chi connectivity index (χ2n) is 3.07. The van der Waals surface area contributed by atoms with Crippen LogP contribution in [0, 0.1) is 0 Å². The number of esters is 1. The van der Waals surface area contributed by atoms with Crippen molar-refractivity contribution in [2.24, 2.45) is 0 Å². The van der Waals surface area contributed by atoms with Crippen molar-refractivity contribution < 1.29 is 9.53 Å². The summed E-state index contributed by atoms with van der Waals surface area (Å²) < 4.78 is 4.63. The lowest BCUT2D eigenvalue weighted by Gasteiger charge is -1.99. The molecule has 0 aliphatic carbocycles. The number of carbonyl (C=O) groups is 1. The normalized spacial score (nSPS) is 10.3. The number of methoxy groups -OCH3 is 1. The van der Waals surface area contributed by atoms with E-state index in [1.54, 1.807) is 19.2 Å². The summed E-state index contributed by atoms with van der Waals surface area (Å²) in [5.74, 6) is 0.416. The highest BCUT2D eigenvalue weighted by Crippen LogP contribution is 2.21. The molecular formula is C10H11N3O2. The maximum absolute atomic E-state index is 11.3. The molecule has 0 saturated carbocycles. The van der Waals surface area contributed by atoms with E-state index in [1.165, 1.54) is 7.11 Å². The number of ether oxygens (including phenoxy) is 1. The van der Waals surface area contributed by atoms with E-state index in [1.807, 2.05) is 6.07 Å². The summed E-state index contributed by atoms with van der Waals surface area (Å²) in [6.07, 6.45) is 0. The molecular weight excluding hydrogens is 194 g/mol. The van der Waals surface area contributed by atoms with Crippen molar-refractivity contribution in [2.75, 3.05) is 19.5 Å². The Hall–Kier alpha value is -2.04. The maximum atomic E-state index is 11.3. The van der Waals surface area contributed by atoms with Gasteiger partial charge in [0.05, 0.1) is 18.2 Å². The predicted octanol–water partition coefficient (Wildman–Crippen LogP) is 1.39. The van der Waals surface area contributed by atoms with Crippen molar-refractivity contribution in [3.05, 3.63) is 23.8 Å². The van der Waals surface area contributed by atoms with E-state index in [0.717, 1.165) is 16.7 Å². The van der Waals surface area contributed by atoms with Crippen LogP contribution in [0.2, 0.25) is 0 Å². The number of benzene rings is 1. The molecule has 0 amide bonds. The average molecular weight is 205 g/mol. The van der Waals surface area contributed by atoms with Crippen LogP contribution in [0.5, 0.6) is 0 Å². The zero-order valence-corrected chi connectivity index (χ0v) is 8.50. The van der Waals surface area contributed by atoms with Gasteiger partial charge >= 0.3 is 5.97 Å². The van der Waals surface area contributed by atoms with E-state index < -0.39 is 0 Å². The molecule has 1 heterocycles. The van der Waals surface area contributed by atoms with Crippen LogP contribution in [0.1, 0.15) is 10.4 Å². The van der Waals surface area contributed by atoms with E-state index >= 15 is 0 Å². The summed E-state index contributed by atoms with van der Waals surface area (Å²) in [6.45, 7) is 0. The molecule has 2 N–H and O–H groups in total. The van der Waals surface area contributed by atoms with Crippen molar-refractivity contribution >= 4 is 22.7 Å². The summed E-state index contributed by atoms with van der Waals surface area (Å²) in [5, 5.41) is 10.8. The second-order valence-corrected chi connectivity index (χ2v) is 3.07. The molecule has 1 aromatic heterocycles. The Balaban J connectivity index is 2.53. The molecule has 2 rings (SSSR count). The largest absolute Gasteiger partial charge is 0.465 e. The van der Waals surface area contributed by atoms with Gasteiger partial charge in [0.2, 0.25) is 0 Å². The summed E-state index contributed by atoms with van der Waals surface area (Å²) in [7, 11) is 3.16. The van der Waals surface area contributed by atoms with Crippen molar-refractivity contribution in [3.63, 3.8) is 0 Å². The smallest absolute Gasteiger partial charge is 0.337 e. The Kier molecular flexibility index (Phi) is 2.29. The molecule has 0 unspecified atom stereocenters. The fourth-order valence-electron chi connectivity index (χ4n) is 1.45. The van der Waals surface area contributed by atoms with Gasteiger partial charge in [-0.2, -0.15) is 5.10 Å². The van der Waals surface area contributed by atoms with Crippen LogP contribution in [0.3, 0.4) is 0 Å². The molecule has 0 radical (unpaired) electrons. The second kappa shape index (κ2) is 3.61. The average Bonchev–Trinajstić information content (AvgIpc) is 2.69. The third-order valence-corrected chi connectivity index (χ3v) is 2.22. The summed E-state index contributed by atoms with van der Waals surface area (Å²) in [4.78, 5) is 11.3. The Morgan fingerprint density at radius 2 is 2.33 bits per heavy atom. The van der Waals surface area contributed by atoms with E-state index in [0.29, 0.717) is 5.56 Å². The summed E-state index contributed by atoms with van der Waals surface area (Å²) >= 11 is 0. The Labute approximate surface area is 86.4 Å². The molecule has 0 saturated heterocycles. The molecule has 5 nitrogen and oxygen atoms in total.